The predicted molar refractivity (Wildman–Crippen MR) is 121 cm³/mol. The van der Waals surface area contributed by atoms with Crippen molar-refractivity contribution in [2.24, 2.45) is 0 Å². The molecule has 1 amide bonds. The molecule has 7 nitrogen and oxygen atoms in total. The molecule has 2 aromatic carbocycles. The number of halogens is 2. The van der Waals surface area contributed by atoms with Crippen molar-refractivity contribution < 1.29 is 14.3 Å². The summed E-state index contributed by atoms with van der Waals surface area (Å²) in [6, 6.07) is 13.3. The summed E-state index contributed by atoms with van der Waals surface area (Å²) >= 11 is 11.9. The Kier molecular flexibility index (Phi) is 7.55. The van der Waals surface area contributed by atoms with Gasteiger partial charge in [0.15, 0.2) is 11.5 Å². The second kappa shape index (κ2) is 10.3. The van der Waals surface area contributed by atoms with Gasteiger partial charge in [-0.15, -0.1) is 0 Å². The van der Waals surface area contributed by atoms with Crippen molar-refractivity contribution in [2.45, 2.75) is 19.4 Å². The van der Waals surface area contributed by atoms with Crippen molar-refractivity contribution >= 4 is 34.8 Å². The smallest absolute Gasteiger partial charge is 0.266 e. The SMILES string of the molecule is COc1ccc(-c2ccc(=O)n(CCCC(=O)Nc3cc(Cl)cc(Cl)c3)n2)cc1OC. The Morgan fingerprint density at radius 3 is 2.39 bits per heavy atom. The molecule has 0 radical (unpaired) electrons. The Bertz CT molecular complexity index is 1130. The molecular weight excluding hydrogens is 441 g/mol. The van der Waals surface area contributed by atoms with Crippen LogP contribution in [0.4, 0.5) is 5.69 Å². The summed E-state index contributed by atoms with van der Waals surface area (Å²) in [5.74, 6) is 0.964. The summed E-state index contributed by atoms with van der Waals surface area (Å²) in [5, 5.41) is 8.03. The van der Waals surface area contributed by atoms with Crippen LogP contribution in [0.5, 0.6) is 11.5 Å². The summed E-state index contributed by atoms with van der Waals surface area (Å²) in [5.41, 5.74) is 1.67. The number of hydrogen-bond acceptors (Lipinski definition) is 5. The van der Waals surface area contributed by atoms with Gasteiger partial charge in [-0.3, -0.25) is 9.59 Å². The second-order valence-corrected chi connectivity index (χ2v) is 7.53. The van der Waals surface area contributed by atoms with Crippen LogP contribution >= 0.6 is 23.2 Å². The first-order chi connectivity index (χ1) is 14.9. The summed E-state index contributed by atoms with van der Waals surface area (Å²) in [7, 11) is 3.12. The number of methoxy groups -OCH3 is 2. The van der Waals surface area contributed by atoms with Gasteiger partial charge in [-0.25, -0.2) is 4.68 Å². The zero-order chi connectivity index (χ0) is 22.4. The van der Waals surface area contributed by atoms with Crippen molar-refractivity contribution in [1.82, 2.24) is 9.78 Å². The summed E-state index contributed by atoms with van der Waals surface area (Å²) in [6.45, 7) is 0.295. The van der Waals surface area contributed by atoms with E-state index in [4.69, 9.17) is 32.7 Å². The third-order valence-electron chi connectivity index (χ3n) is 4.47. The number of aryl methyl sites for hydroxylation is 1. The Morgan fingerprint density at radius 1 is 1.00 bits per heavy atom. The third kappa shape index (κ3) is 5.99. The molecule has 0 unspecified atom stereocenters. The van der Waals surface area contributed by atoms with E-state index in [2.05, 4.69) is 10.4 Å². The molecule has 0 saturated heterocycles. The van der Waals surface area contributed by atoms with Crippen LogP contribution in [0.25, 0.3) is 11.3 Å². The highest BCUT2D eigenvalue weighted by molar-refractivity contribution is 6.35. The van der Waals surface area contributed by atoms with Crippen LogP contribution in [0.3, 0.4) is 0 Å². The van der Waals surface area contributed by atoms with E-state index in [1.165, 1.54) is 10.7 Å². The summed E-state index contributed by atoms with van der Waals surface area (Å²) < 4.78 is 11.9. The van der Waals surface area contributed by atoms with Gasteiger partial charge in [-0.05, 0) is 48.9 Å². The number of nitrogens with one attached hydrogen (secondary N) is 1. The zero-order valence-corrected chi connectivity index (χ0v) is 18.5. The van der Waals surface area contributed by atoms with Crippen LogP contribution in [0.15, 0.2) is 53.3 Å². The fraction of sp³-hybridized carbons (Fsp3) is 0.227. The van der Waals surface area contributed by atoms with Gasteiger partial charge in [-0.1, -0.05) is 23.2 Å². The number of ether oxygens (including phenoxy) is 2. The number of carbonyl (C=O) groups is 1. The molecule has 0 saturated carbocycles. The number of anilines is 1. The summed E-state index contributed by atoms with van der Waals surface area (Å²) in [6.07, 6.45) is 0.640. The molecular formula is C22H21Cl2N3O4. The monoisotopic (exact) mass is 461 g/mol. The van der Waals surface area contributed by atoms with E-state index < -0.39 is 0 Å². The molecule has 0 bridgehead atoms. The van der Waals surface area contributed by atoms with Crippen molar-refractivity contribution in [3.05, 3.63) is 68.9 Å². The van der Waals surface area contributed by atoms with Crippen molar-refractivity contribution in [3.63, 3.8) is 0 Å². The van der Waals surface area contributed by atoms with Gasteiger partial charge in [0.25, 0.3) is 5.56 Å². The molecule has 1 heterocycles. The van der Waals surface area contributed by atoms with E-state index in [9.17, 15) is 9.59 Å². The molecule has 31 heavy (non-hydrogen) atoms. The van der Waals surface area contributed by atoms with Gasteiger partial charge in [-0.2, -0.15) is 5.10 Å². The van der Waals surface area contributed by atoms with E-state index >= 15 is 0 Å². The average molecular weight is 462 g/mol. The average Bonchev–Trinajstić information content (AvgIpc) is 2.73. The largest absolute Gasteiger partial charge is 0.493 e. The van der Waals surface area contributed by atoms with Gasteiger partial charge < -0.3 is 14.8 Å². The summed E-state index contributed by atoms with van der Waals surface area (Å²) in [4.78, 5) is 24.4. The van der Waals surface area contributed by atoms with Gasteiger partial charge >= 0.3 is 0 Å². The Labute approximate surface area is 189 Å². The number of amides is 1. The minimum Gasteiger partial charge on any atom is -0.493 e. The lowest BCUT2D eigenvalue weighted by Crippen LogP contribution is -2.23. The van der Waals surface area contributed by atoms with Gasteiger partial charge in [0.1, 0.15) is 0 Å². The number of rotatable bonds is 8. The number of nitrogens with zero attached hydrogens (tertiary/aromatic N) is 2. The number of aromatic nitrogens is 2. The first kappa shape index (κ1) is 22.7. The molecule has 0 aliphatic heterocycles. The van der Waals surface area contributed by atoms with E-state index in [0.717, 1.165) is 5.56 Å². The molecule has 0 aliphatic rings. The van der Waals surface area contributed by atoms with E-state index in [1.807, 2.05) is 6.07 Å². The number of carbonyl (C=O) groups excluding carboxylic acids is 1. The van der Waals surface area contributed by atoms with E-state index in [0.29, 0.717) is 45.9 Å². The van der Waals surface area contributed by atoms with Crippen LogP contribution in [0.1, 0.15) is 12.8 Å². The first-order valence-corrected chi connectivity index (χ1v) is 10.2. The minimum absolute atomic E-state index is 0.206. The normalized spacial score (nSPS) is 10.6. The highest BCUT2D eigenvalue weighted by atomic mass is 35.5. The maximum absolute atomic E-state index is 12.2. The molecule has 1 aromatic heterocycles. The Balaban J connectivity index is 1.66. The van der Waals surface area contributed by atoms with Gasteiger partial charge in [0, 0.05) is 40.3 Å². The lowest BCUT2D eigenvalue weighted by molar-refractivity contribution is -0.116. The van der Waals surface area contributed by atoms with Crippen LogP contribution in [0.2, 0.25) is 10.0 Å². The fourth-order valence-corrected chi connectivity index (χ4v) is 3.52. The lowest BCUT2D eigenvalue weighted by atomic mass is 10.1. The highest BCUT2D eigenvalue weighted by Crippen LogP contribution is 2.31. The van der Waals surface area contributed by atoms with Crippen LogP contribution < -0.4 is 20.3 Å². The predicted octanol–water partition coefficient (Wildman–Crippen LogP) is 4.65. The molecule has 0 fully saturated rings. The zero-order valence-electron chi connectivity index (χ0n) is 17.0. The van der Waals surface area contributed by atoms with Crippen molar-refractivity contribution in [2.75, 3.05) is 19.5 Å². The first-order valence-electron chi connectivity index (χ1n) is 9.46. The fourth-order valence-electron chi connectivity index (χ4n) is 3.00. The Hall–Kier alpha value is -3.03. The molecule has 9 heteroatoms. The molecule has 3 rings (SSSR count). The Morgan fingerprint density at radius 2 is 1.71 bits per heavy atom. The van der Waals surface area contributed by atoms with Gasteiger partial charge in [0.05, 0.1) is 19.9 Å². The van der Waals surface area contributed by atoms with Crippen molar-refractivity contribution in [1.29, 1.82) is 0 Å². The van der Waals surface area contributed by atoms with Crippen molar-refractivity contribution in [3.8, 4) is 22.8 Å². The van der Waals surface area contributed by atoms with Crippen LogP contribution in [0, 0.1) is 0 Å². The standard InChI is InChI=1S/C22H21Cl2N3O4/c1-30-19-7-5-14(10-20(19)31-2)18-6-8-22(29)27(26-18)9-3-4-21(28)25-17-12-15(23)11-16(24)13-17/h5-8,10-13H,3-4,9H2,1-2H3,(H,25,28). The third-order valence-corrected chi connectivity index (χ3v) is 4.90. The van der Waals surface area contributed by atoms with E-state index in [1.54, 1.807) is 50.6 Å². The molecule has 3 aromatic rings. The maximum Gasteiger partial charge on any atom is 0.266 e. The highest BCUT2D eigenvalue weighted by Gasteiger charge is 2.10. The number of benzene rings is 2. The second-order valence-electron chi connectivity index (χ2n) is 6.66. The van der Waals surface area contributed by atoms with Crippen LogP contribution in [-0.4, -0.2) is 29.9 Å². The molecule has 162 valence electrons. The van der Waals surface area contributed by atoms with Crippen LogP contribution in [-0.2, 0) is 11.3 Å². The van der Waals surface area contributed by atoms with Gasteiger partial charge in [0.2, 0.25) is 5.91 Å². The molecule has 0 spiro atoms. The molecule has 0 atom stereocenters. The minimum atomic E-state index is -0.244. The van der Waals surface area contributed by atoms with E-state index in [-0.39, 0.29) is 17.9 Å². The topological polar surface area (TPSA) is 82.5 Å². The lowest BCUT2D eigenvalue weighted by Gasteiger charge is -2.11. The molecule has 0 aliphatic carbocycles. The maximum atomic E-state index is 12.2. The number of hydrogen-bond donors (Lipinski definition) is 1. The molecule has 1 N–H and O–H groups in total. The quantitative estimate of drug-likeness (QED) is 0.527.